The molecule has 0 unspecified atom stereocenters. The van der Waals surface area contributed by atoms with E-state index in [0.29, 0.717) is 36.3 Å². The molecule has 8 nitrogen and oxygen atoms in total. The van der Waals surface area contributed by atoms with Crippen molar-refractivity contribution in [2.24, 2.45) is 11.7 Å². The Hall–Kier alpha value is -3.39. The van der Waals surface area contributed by atoms with Crippen molar-refractivity contribution in [3.8, 4) is 0 Å². The van der Waals surface area contributed by atoms with Gasteiger partial charge in [0, 0.05) is 24.8 Å². The monoisotopic (exact) mass is 475 g/mol. The summed E-state index contributed by atoms with van der Waals surface area (Å²) in [7, 11) is 0. The zero-order valence-electron chi connectivity index (χ0n) is 20.4. The molecule has 2 heterocycles. The number of nitrogens with zero attached hydrogens (tertiary/aromatic N) is 3. The number of hydrogen-bond donors (Lipinski definition) is 4. The predicted molar refractivity (Wildman–Crippen MR) is 141 cm³/mol. The fraction of sp³-hybridized carbons (Fsp3) is 0.444. The van der Waals surface area contributed by atoms with E-state index in [0.717, 1.165) is 36.3 Å². The average Bonchev–Trinajstić information content (AvgIpc) is 3.58. The number of amides is 1. The van der Waals surface area contributed by atoms with Crippen molar-refractivity contribution >= 4 is 23.4 Å². The standard InChI is InChI=1S/C27H37N7O/c1-20(22-8-9-22)19-24(28)32-25-13-15-30-27(33-25)31-23-10-5-21(6-11-23)7-12-26(35)29-14-4-18-34-16-2-3-17-34/h5-6,10-11,13,15,19,22H,1-4,7-9,12,14,16-18,28H2,(H,29,35)(H2,30,31,32,33)/b24-19+. The smallest absolute Gasteiger partial charge is 0.229 e. The fourth-order valence-corrected chi connectivity index (χ4v) is 4.21. The van der Waals surface area contributed by atoms with E-state index in [2.05, 4.69) is 37.4 Å². The molecule has 2 aromatic rings. The van der Waals surface area contributed by atoms with Gasteiger partial charge >= 0.3 is 0 Å². The summed E-state index contributed by atoms with van der Waals surface area (Å²) in [6, 6.07) is 9.76. The Morgan fingerprint density at radius 2 is 1.94 bits per heavy atom. The Morgan fingerprint density at radius 1 is 1.17 bits per heavy atom. The number of rotatable bonds is 13. The van der Waals surface area contributed by atoms with E-state index in [1.165, 1.54) is 38.8 Å². The normalized spacial score (nSPS) is 16.2. The van der Waals surface area contributed by atoms with Crippen LogP contribution in [-0.4, -0.2) is 47.0 Å². The lowest BCUT2D eigenvalue weighted by molar-refractivity contribution is -0.121. The summed E-state index contributed by atoms with van der Waals surface area (Å²) in [4.78, 5) is 23.4. The van der Waals surface area contributed by atoms with E-state index in [9.17, 15) is 4.79 Å². The van der Waals surface area contributed by atoms with Gasteiger partial charge in [-0.2, -0.15) is 4.98 Å². The lowest BCUT2D eigenvalue weighted by Gasteiger charge is -2.14. The third-order valence-corrected chi connectivity index (χ3v) is 6.39. The summed E-state index contributed by atoms with van der Waals surface area (Å²) in [5.41, 5.74) is 9.13. The van der Waals surface area contributed by atoms with Crippen LogP contribution in [-0.2, 0) is 11.2 Å². The second kappa shape index (κ2) is 12.4. The SMILES string of the molecule is C=C(/C=C(\N)Nc1ccnc(Nc2ccc(CCC(=O)NCCCN3CCCC3)cc2)n1)C1CC1. The molecule has 2 fully saturated rings. The highest BCUT2D eigenvalue weighted by Crippen LogP contribution is 2.36. The van der Waals surface area contributed by atoms with Crippen molar-refractivity contribution in [3.63, 3.8) is 0 Å². The Balaban J connectivity index is 1.18. The van der Waals surface area contributed by atoms with Gasteiger partial charge < -0.3 is 26.6 Å². The molecule has 1 saturated carbocycles. The van der Waals surface area contributed by atoms with Crippen molar-refractivity contribution in [2.45, 2.75) is 44.9 Å². The van der Waals surface area contributed by atoms with E-state index in [4.69, 9.17) is 5.73 Å². The third-order valence-electron chi connectivity index (χ3n) is 6.39. The molecule has 1 aliphatic carbocycles. The number of nitrogens with two attached hydrogens (primary N) is 1. The zero-order valence-corrected chi connectivity index (χ0v) is 20.4. The van der Waals surface area contributed by atoms with Gasteiger partial charge in [-0.25, -0.2) is 4.98 Å². The van der Waals surface area contributed by atoms with Crippen molar-refractivity contribution in [3.05, 3.63) is 66.1 Å². The van der Waals surface area contributed by atoms with Crippen LogP contribution in [0.15, 0.2) is 60.6 Å². The minimum absolute atomic E-state index is 0.111. The molecule has 1 amide bonds. The Morgan fingerprint density at radius 3 is 2.69 bits per heavy atom. The second-order valence-electron chi connectivity index (χ2n) is 9.41. The molecular weight excluding hydrogens is 438 g/mol. The van der Waals surface area contributed by atoms with Crippen molar-refractivity contribution in [1.82, 2.24) is 20.2 Å². The van der Waals surface area contributed by atoms with E-state index in [1.807, 2.05) is 30.3 Å². The first kappa shape index (κ1) is 24.7. The van der Waals surface area contributed by atoms with Crippen LogP contribution in [0.25, 0.3) is 0 Å². The van der Waals surface area contributed by atoms with Gasteiger partial charge in [0.1, 0.15) is 11.6 Å². The molecular formula is C27H37N7O. The van der Waals surface area contributed by atoms with Crippen molar-refractivity contribution < 1.29 is 4.79 Å². The fourth-order valence-electron chi connectivity index (χ4n) is 4.21. The van der Waals surface area contributed by atoms with Crippen LogP contribution in [0.1, 0.15) is 44.1 Å². The highest BCUT2D eigenvalue weighted by molar-refractivity contribution is 5.76. The van der Waals surface area contributed by atoms with Crippen molar-refractivity contribution in [1.29, 1.82) is 0 Å². The molecule has 0 radical (unpaired) electrons. The molecule has 0 atom stereocenters. The third kappa shape index (κ3) is 8.40. The molecule has 186 valence electrons. The summed E-state index contributed by atoms with van der Waals surface area (Å²) in [5.74, 6) is 2.29. The molecule has 1 aromatic heterocycles. The van der Waals surface area contributed by atoms with Crippen LogP contribution in [0.4, 0.5) is 17.5 Å². The van der Waals surface area contributed by atoms with Gasteiger partial charge in [-0.3, -0.25) is 4.79 Å². The molecule has 0 spiro atoms. The molecule has 0 bridgehead atoms. The number of allylic oxidation sites excluding steroid dienone is 2. The summed E-state index contributed by atoms with van der Waals surface area (Å²) in [6.45, 7) is 8.31. The van der Waals surface area contributed by atoms with Gasteiger partial charge in [0.25, 0.3) is 0 Å². The predicted octanol–water partition coefficient (Wildman–Crippen LogP) is 3.93. The average molecular weight is 476 g/mol. The largest absolute Gasteiger partial charge is 0.385 e. The Labute approximate surface area is 208 Å². The Kier molecular flexibility index (Phi) is 8.73. The maximum absolute atomic E-state index is 12.1. The number of aromatic nitrogens is 2. The lowest BCUT2D eigenvalue weighted by Crippen LogP contribution is -2.28. The summed E-state index contributed by atoms with van der Waals surface area (Å²) >= 11 is 0. The maximum Gasteiger partial charge on any atom is 0.229 e. The number of nitrogens with one attached hydrogen (secondary N) is 3. The van der Waals surface area contributed by atoms with Crippen LogP contribution in [0, 0.1) is 5.92 Å². The molecule has 1 aromatic carbocycles. The topological polar surface area (TPSA) is 108 Å². The number of hydrogen-bond acceptors (Lipinski definition) is 7. The van der Waals surface area contributed by atoms with Crippen LogP contribution in [0.3, 0.4) is 0 Å². The molecule has 5 N–H and O–H groups in total. The van der Waals surface area contributed by atoms with E-state index in [1.54, 1.807) is 12.3 Å². The lowest BCUT2D eigenvalue weighted by atomic mass is 10.1. The molecule has 1 aliphatic heterocycles. The van der Waals surface area contributed by atoms with Crippen LogP contribution >= 0.6 is 0 Å². The number of likely N-dealkylation sites (tertiary alicyclic amines) is 1. The second-order valence-corrected chi connectivity index (χ2v) is 9.41. The molecule has 8 heteroatoms. The summed E-state index contributed by atoms with van der Waals surface area (Å²) in [5, 5.41) is 9.35. The van der Waals surface area contributed by atoms with Crippen molar-refractivity contribution in [2.75, 3.05) is 36.8 Å². The Bertz CT molecular complexity index is 1020. The minimum atomic E-state index is 0.111. The first-order valence-electron chi connectivity index (χ1n) is 12.7. The van der Waals surface area contributed by atoms with Gasteiger partial charge in [-0.1, -0.05) is 18.7 Å². The molecule has 2 aliphatic rings. The van der Waals surface area contributed by atoms with Gasteiger partial charge in [0.15, 0.2) is 0 Å². The number of carbonyl (C=O) groups excluding carboxylic acids is 1. The van der Waals surface area contributed by atoms with Crippen LogP contribution in [0.5, 0.6) is 0 Å². The number of carbonyl (C=O) groups is 1. The number of aryl methyl sites for hydroxylation is 1. The van der Waals surface area contributed by atoms with E-state index in [-0.39, 0.29) is 5.91 Å². The molecule has 1 saturated heterocycles. The number of benzene rings is 1. The first-order chi connectivity index (χ1) is 17.0. The first-order valence-corrected chi connectivity index (χ1v) is 12.7. The molecule has 4 rings (SSSR count). The van der Waals surface area contributed by atoms with E-state index < -0.39 is 0 Å². The van der Waals surface area contributed by atoms with Crippen LogP contribution < -0.4 is 21.7 Å². The summed E-state index contributed by atoms with van der Waals surface area (Å²) < 4.78 is 0. The quantitative estimate of drug-likeness (QED) is 0.257. The van der Waals surface area contributed by atoms with E-state index >= 15 is 0 Å². The summed E-state index contributed by atoms with van der Waals surface area (Å²) in [6.07, 6.45) is 10.8. The highest BCUT2D eigenvalue weighted by atomic mass is 16.1. The van der Waals surface area contributed by atoms with Gasteiger partial charge in [0.2, 0.25) is 11.9 Å². The van der Waals surface area contributed by atoms with Gasteiger partial charge in [-0.15, -0.1) is 0 Å². The zero-order chi connectivity index (χ0) is 24.5. The van der Waals surface area contributed by atoms with Gasteiger partial charge in [-0.05, 0) is 99.5 Å². The highest BCUT2D eigenvalue weighted by Gasteiger charge is 2.23. The number of anilines is 3. The van der Waals surface area contributed by atoms with Crippen LogP contribution in [0.2, 0.25) is 0 Å². The van der Waals surface area contributed by atoms with Gasteiger partial charge in [0.05, 0.1) is 0 Å². The minimum Gasteiger partial charge on any atom is -0.385 e. The molecule has 35 heavy (non-hydrogen) atoms. The maximum atomic E-state index is 12.1.